The standard InChI is InChI=1S/C17H22N2O/c1-2-5-17-13-19(9-3-6-16(17)4-1)10-8-18-12-15-7-11-20-14-15/h1-2,4-5,7,11,14,18H,3,6,8-10,12-13H2. The minimum absolute atomic E-state index is 0.890. The van der Waals surface area contributed by atoms with Gasteiger partial charge in [0.05, 0.1) is 12.5 Å². The summed E-state index contributed by atoms with van der Waals surface area (Å²) in [6, 6.07) is 10.9. The van der Waals surface area contributed by atoms with Crippen LogP contribution in [0.5, 0.6) is 0 Å². The molecule has 0 bridgehead atoms. The van der Waals surface area contributed by atoms with Gasteiger partial charge in [-0.1, -0.05) is 24.3 Å². The Hall–Kier alpha value is -1.58. The van der Waals surface area contributed by atoms with E-state index >= 15 is 0 Å². The lowest BCUT2D eigenvalue weighted by atomic mass is 10.0. The van der Waals surface area contributed by atoms with Crippen LogP contribution in [-0.4, -0.2) is 24.5 Å². The van der Waals surface area contributed by atoms with E-state index in [0.29, 0.717) is 0 Å². The van der Waals surface area contributed by atoms with Crippen LogP contribution in [0.15, 0.2) is 47.3 Å². The van der Waals surface area contributed by atoms with Crippen molar-refractivity contribution in [3.63, 3.8) is 0 Å². The first-order valence-corrected chi connectivity index (χ1v) is 7.43. The summed E-state index contributed by atoms with van der Waals surface area (Å²) in [5, 5.41) is 3.48. The Bertz CT molecular complexity index is 522. The van der Waals surface area contributed by atoms with E-state index in [9.17, 15) is 0 Å². The van der Waals surface area contributed by atoms with Gasteiger partial charge in [-0.15, -0.1) is 0 Å². The third-order valence-corrected chi connectivity index (χ3v) is 3.95. The maximum atomic E-state index is 5.07. The zero-order valence-corrected chi connectivity index (χ0v) is 11.8. The van der Waals surface area contributed by atoms with Crippen molar-refractivity contribution in [3.8, 4) is 0 Å². The van der Waals surface area contributed by atoms with Crippen molar-refractivity contribution >= 4 is 0 Å². The fraction of sp³-hybridized carbons (Fsp3) is 0.412. The molecule has 0 spiro atoms. The first-order valence-electron chi connectivity index (χ1n) is 7.43. The summed E-state index contributed by atoms with van der Waals surface area (Å²) in [7, 11) is 0. The van der Waals surface area contributed by atoms with E-state index in [-0.39, 0.29) is 0 Å². The molecule has 0 amide bonds. The molecule has 3 rings (SSSR count). The van der Waals surface area contributed by atoms with Gasteiger partial charge in [0.1, 0.15) is 0 Å². The quantitative estimate of drug-likeness (QED) is 0.847. The van der Waals surface area contributed by atoms with E-state index in [1.165, 1.54) is 36.1 Å². The van der Waals surface area contributed by atoms with Crippen molar-refractivity contribution in [1.29, 1.82) is 0 Å². The fourth-order valence-electron chi connectivity index (χ4n) is 2.82. The molecule has 1 aromatic carbocycles. The summed E-state index contributed by atoms with van der Waals surface area (Å²) >= 11 is 0. The minimum Gasteiger partial charge on any atom is -0.472 e. The molecule has 106 valence electrons. The second-order valence-corrected chi connectivity index (χ2v) is 5.46. The highest BCUT2D eigenvalue weighted by atomic mass is 16.3. The molecule has 0 saturated heterocycles. The van der Waals surface area contributed by atoms with Gasteiger partial charge in [-0.25, -0.2) is 0 Å². The highest BCUT2D eigenvalue weighted by molar-refractivity contribution is 5.27. The van der Waals surface area contributed by atoms with E-state index in [1.807, 2.05) is 6.07 Å². The van der Waals surface area contributed by atoms with Gasteiger partial charge in [0.15, 0.2) is 0 Å². The van der Waals surface area contributed by atoms with E-state index in [1.54, 1.807) is 12.5 Å². The molecule has 0 atom stereocenters. The van der Waals surface area contributed by atoms with Crippen LogP contribution < -0.4 is 5.32 Å². The Morgan fingerprint density at radius 1 is 1.15 bits per heavy atom. The molecule has 3 heteroatoms. The Labute approximate surface area is 120 Å². The summed E-state index contributed by atoms with van der Waals surface area (Å²) < 4.78 is 5.07. The van der Waals surface area contributed by atoms with Crippen molar-refractivity contribution in [2.75, 3.05) is 19.6 Å². The first-order chi connectivity index (χ1) is 9.92. The van der Waals surface area contributed by atoms with Gasteiger partial charge in [0.2, 0.25) is 0 Å². The zero-order valence-electron chi connectivity index (χ0n) is 11.8. The number of hydrogen-bond acceptors (Lipinski definition) is 3. The molecule has 1 N–H and O–H groups in total. The maximum Gasteiger partial charge on any atom is 0.0947 e. The lowest BCUT2D eigenvalue weighted by Crippen LogP contribution is -2.31. The van der Waals surface area contributed by atoms with Gasteiger partial charge in [-0.05, 0) is 36.6 Å². The average molecular weight is 270 g/mol. The van der Waals surface area contributed by atoms with E-state index in [0.717, 1.165) is 26.2 Å². The molecule has 0 unspecified atom stereocenters. The third kappa shape index (κ3) is 3.50. The van der Waals surface area contributed by atoms with Crippen LogP contribution in [0.25, 0.3) is 0 Å². The largest absolute Gasteiger partial charge is 0.472 e. The van der Waals surface area contributed by atoms with Crippen LogP contribution in [0.4, 0.5) is 0 Å². The van der Waals surface area contributed by atoms with Crippen LogP contribution in [0.3, 0.4) is 0 Å². The van der Waals surface area contributed by atoms with Gasteiger partial charge in [0.25, 0.3) is 0 Å². The smallest absolute Gasteiger partial charge is 0.0947 e. The maximum absolute atomic E-state index is 5.07. The number of aryl methyl sites for hydroxylation is 1. The number of nitrogens with zero attached hydrogens (tertiary/aromatic N) is 1. The Morgan fingerprint density at radius 3 is 2.90 bits per heavy atom. The van der Waals surface area contributed by atoms with Gasteiger partial charge < -0.3 is 9.73 Å². The Kier molecular flexibility index (Phi) is 4.51. The molecule has 3 nitrogen and oxygen atoms in total. The predicted octanol–water partition coefficient (Wildman–Crippen LogP) is 2.82. The third-order valence-electron chi connectivity index (χ3n) is 3.95. The van der Waals surface area contributed by atoms with Crippen LogP contribution >= 0.6 is 0 Å². The molecule has 1 aliphatic heterocycles. The van der Waals surface area contributed by atoms with Crippen molar-refractivity contribution < 1.29 is 4.42 Å². The summed E-state index contributed by atoms with van der Waals surface area (Å²) in [6.45, 7) is 5.30. The van der Waals surface area contributed by atoms with Crippen molar-refractivity contribution in [3.05, 3.63) is 59.5 Å². The molecular weight excluding hydrogens is 248 g/mol. The molecule has 1 aromatic heterocycles. The molecule has 0 aliphatic carbocycles. The van der Waals surface area contributed by atoms with Gasteiger partial charge in [-0.3, -0.25) is 4.90 Å². The summed E-state index contributed by atoms with van der Waals surface area (Å²) in [5.74, 6) is 0. The van der Waals surface area contributed by atoms with Crippen LogP contribution in [0.2, 0.25) is 0 Å². The second kappa shape index (κ2) is 6.73. The van der Waals surface area contributed by atoms with Crippen LogP contribution in [0.1, 0.15) is 23.1 Å². The fourth-order valence-corrected chi connectivity index (χ4v) is 2.82. The molecule has 1 aliphatic rings. The number of furan rings is 1. The van der Waals surface area contributed by atoms with Crippen molar-refractivity contribution in [2.45, 2.75) is 25.9 Å². The van der Waals surface area contributed by atoms with Crippen LogP contribution in [0, 0.1) is 0 Å². The van der Waals surface area contributed by atoms with Crippen LogP contribution in [-0.2, 0) is 19.5 Å². The second-order valence-electron chi connectivity index (χ2n) is 5.46. The average Bonchev–Trinajstić information content (AvgIpc) is 2.89. The van der Waals surface area contributed by atoms with E-state index in [2.05, 4.69) is 34.5 Å². The number of fused-ring (bicyclic) bond motifs is 1. The number of hydrogen-bond donors (Lipinski definition) is 1. The predicted molar refractivity (Wildman–Crippen MR) is 80.5 cm³/mol. The van der Waals surface area contributed by atoms with Crippen molar-refractivity contribution in [1.82, 2.24) is 10.2 Å². The molecular formula is C17H22N2O. The van der Waals surface area contributed by atoms with E-state index in [4.69, 9.17) is 4.42 Å². The van der Waals surface area contributed by atoms with Crippen molar-refractivity contribution in [2.24, 2.45) is 0 Å². The highest BCUT2D eigenvalue weighted by Gasteiger charge is 2.13. The van der Waals surface area contributed by atoms with Gasteiger partial charge in [-0.2, -0.15) is 0 Å². The molecule has 2 heterocycles. The Balaban J connectivity index is 1.46. The number of nitrogens with one attached hydrogen (secondary N) is 1. The summed E-state index contributed by atoms with van der Waals surface area (Å²) in [6.07, 6.45) is 6.01. The monoisotopic (exact) mass is 270 g/mol. The zero-order chi connectivity index (χ0) is 13.6. The molecule has 2 aromatic rings. The summed E-state index contributed by atoms with van der Waals surface area (Å²) in [5.41, 5.74) is 4.24. The lowest BCUT2D eigenvalue weighted by molar-refractivity contribution is 0.269. The van der Waals surface area contributed by atoms with E-state index < -0.39 is 0 Å². The minimum atomic E-state index is 0.890. The SMILES string of the molecule is c1ccc2c(c1)CCCN(CCNCc1ccoc1)C2. The summed E-state index contributed by atoms with van der Waals surface area (Å²) in [4.78, 5) is 2.55. The Morgan fingerprint density at radius 2 is 2.05 bits per heavy atom. The molecule has 0 fully saturated rings. The number of benzene rings is 1. The van der Waals surface area contributed by atoms with Gasteiger partial charge >= 0.3 is 0 Å². The number of rotatable bonds is 5. The molecule has 0 saturated carbocycles. The topological polar surface area (TPSA) is 28.4 Å². The highest BCUT2D eigenvalue weighted by Crippen LogP contribution is 2.17. The first kappa shape index (κ1) is 13.4. The molecule has 20 heavy (non-hydrogen) atoms. The van der Waals surface area contributed by atoms with Gasteiger partial charge in [0, 0.05) is 31.7 Å². The normalized spacial score (nSPS) is 15.8. The molecule has 0 radical (unpaired) electrons. The lowest BCUT2D eigenvalue weighted by Gasteiger charge is -2.20.